The van der Waals surface area contributed by atoms with Crippen molar-refractivity contribution in [1.82, 2.24) is 15.2 Å². The summed E-state index contributed by atoms with van der Waals surface area (Å²) < 4.78 is 5.62. The van der Waals surface area contributed by atoms with Crippen LogP contribution in [0, 0.1) is 6.92 Å². The molecule has 1 heterocycles. The van der Waals surface area contributed by atoms with Gasteiger partial charge < -0.3 is 25.0 Å². The summed E-state index contributed by atoms with van der Waals surface area (Å²) in [6, 6.07) is 8.26. The minimum absolute atomic E-state index is 0.00197. The van der Waals surface area contributed by atoms with Crippen molar-refractivity contribution in [3.63, 3.8) is 0 Å². The first-order valence-corrected chi connectivity index (χ1v) is 15.9. The molecule has 1 aliphatic carbocycles. The van der Waals surface area contributed by atoms with Crippen molar-refractivity contribution in [2.24, 2.45) is 0 Å². The number of carboxylic acid groups (broad SMARTS) is 1. The molecule has 1 saturated carbocycles. The number of amides is 2. The molecule has 240 valence electrons. The molecular weight excluding hydrogens is 552 g/mol. The first-order valence-electron chi connectivity index (χ1n) is 15.9. The molecule has 8 nitrogen and oxygen atoms in total. The lowest BCUT2D eigenvalue weighted by molar-refractivity contribution is 0.0545. The molecule has 1 aliphatic rings. The topological polar surface area (TPSA) is 95.0 Å². The van der Waals surface area contributed by atoms with Crippen LogP contribution in [0.2, 0.25) is 0 Å². The van der Waals surface area contributed by atoms with E-state index in [9.17, 15) is 14.7 Å². The summed E-state index contributed by atoms with van der Waals surface area (Å²) in [7, 11) is 1.61. The Kier molecular flexibility index (Phi) is 12.4. The number of aromatic nitrogens is 1. The zero-order chi connectivity index (χ0) is 32.4. The van der Waals surface area contributed by atoms with Crippen molar-refractivity contribution >= 4 is 17.7 Å². The normalized spacial score (nSPS) is 16.6. The molecule has 0 bridgehead atoms. The number of carbonyl (C=O) groups is 2. The molecule has 2 N–H and O–H groups in total. The van der Waals surface area contributed by atoms with Crippen molar-refractivity contribution in [1.29, 1.82) is 0 Å². The molecule has 1 fully saturated rings. The Morgan fingerprint density at radius 3 is 2.36 bits per heavy atom. The Labute approximate surface area is 264 Å². The molecule has 2 aromatic rings. The average Bonchev–Trinajstić information content (AvgIpc) is 2.97. The molecular formula is C36H52N4O4. The van der Waals surface area contributed by atoms with Crippen molar-refractivity contribution in [3.8, 4) is 5.88 Å². The van der Waals surface area contributed by atoms with Crippen LogP contribution in [0.3, 0.4) is 0 Å². The largest absolute Gasteiger partial charge is 0.481 e. The van der Waals surface area contributed by atoms with Gasteiger partial charge in [-0.25, -0.2) is 9.78 Å². The van der Waals surface area contributed by atoms with Gasteiger partial charge in [0.2, 0.25) is 5.88 Å². The Morgan fingerprint density at radius 2 is 1.80 bits per heavy atom. The summed E-state index contributed by atoms with van der Waals surface area (Å²) in [5, 5.41) is 13.1. The van der Waals surface area contributed by atoms with Gasteiger partial charge in [0.15, 0.2) is 0 Å². The van der Waals surface area contributed by atoms with Gasteiger partial charge in [0.05, 0.1) is 7.11 Å². The first-order chi connectivity index (χ1) is 21.0. The summed E-state index contributed by atoms with van der Waals surface area (Å²) in [5.74, 6) is 0.394. The lowest BCUT2D eigenvalue weighted by atomic mass is 9.86. The molecule has 0 saturated heterocycles. The molecule has 0 spiro atoms. The zero-order valence-electron chi connectivity index (χ0n) is 27.6. The lowest BCUT2D eigenvalue weighted by Gasteiger charge is -2.45. The highest BCUT2D eigenvalue weighted by Gasteiger charge is 2.37. The number of hydrogen-bond acceptors (Lipinski definition) is 5. The second-order valence-electron chi connectivity index (χ2n) is 12.6. The van der Waals surface area contributed by atoms with E-state index in [-0.39, 0.29) is 18.0 Å². The van der Waals surface area contributed by atoms with E-state index in [4.69, 9.17) is 4.74 Å². The number of ether oxygens (including phenoxy) is 1. The van der Waals surface area contributed by atoms with Gasteiger partial charge in [-0.05, 0) is 115 Å². The van der Waals surface area contributed by atoms with Gasteiger partial charge in [0.1, 0.15) is 0 Å². The van der Waals surface area contributed by atoms with E-state index in [0.29, 0.717) is 24.4 Å². The second kappa shape index (κ2) is 15.8. The molecule has 44 heavy (non-hydrogen) atoms. The number of carbonyl (C=O) groups excluding carboxylic acids is 1. The number of allylic oxidation sites excluding steroid dienone is 2. The third-order valence-electron chi connectivity index (χ3n) is 8.58. The summed E-state index contributed by atoms with van der Waals surface area (Å²) in [5.41, 5.74) is 5.07. The number of aryl methyl sites for hydroxylation is 2. The van der Waals surface area contributed by atoms with E-state index in [2.05, 4.69) is 47.4 Å². The number of unbranched alkanes of at least 4 members (excludes halogenated alkanes) is 1. The molecule has 0 unspecified atom stereocenters. The fourth-order valence-corrected chi connectivity index (χ4v) is 6.68. The van der Waals surface area contributed by atoms with Crippen LogP contribution in [0.5, 0.6) is 5.88 Å². The highest BCUT2D eigenvalue weighted by Crippen LogP contribution is 2.35. The van der Waals surface area contributed by atoms with E-state index >= 15 is 0 Å². The van der Waals surface area contributed by atoms with Gasteiger partial charge in [0, 0.05) is 53.2 Å². The maximum Gasteiger partial charge on any atom is 0.407 e. The van der Waals surface area contributed by atoms with Crippen LogP contribution >= 0.6 is 0 Å². The predicted octanol–water partition coefficient (Wildman–Crippen LogP) is 7.48. The monoisotopic (exact) mass is 604 g/mol. The van der Waals surface area contributed by atoms with Gasteiger partial charge in [-0.1, -0.05) is 18.2 Å². The van der Waals surface area contributed by atoms with Crippen molar-refractivity contribution in [2.45, 2.75) is 110 Å². The number of rotatable bonds is 14. The standard InChI is InChI=1S/C36H52N4O4/c1-9-12-13-16-26-23-25(4)38-34(44-8)31(26)24-37-33(41)30-17-14-18-32(29(30)15-10-2)39(11-3)27-19-21-28(22-20-27)40(35(42)43)36(5,6)7/h9-10,14,17-18,23,27-28H,1-2,11-13,15-16,19-22,24H2,3-8H3,(H,37,41)(H,42,43). The van der Waals surface area contributed by atoms with E-state index in [1.165, 1.54) is 0 Å². The fourth-order valence-electron chi connectivity index (χ4n) is 6.68. The summed E-state index contributed by atoms with van der Waals surface area (Å²) in [4.78, 5) is 34.4. The molecule has 1 aromatic carbocycles. The van der Waals surface area contributed by atoms with Gasteiger partial charge in [-0.3, -0.25) is 4.79 Å². The summed E-state index contributed by atoms with van der Waals surface area (Å²) in [6.07, 6.45) is 9.58. The Bertz CT molecular complexity index is 1310. The molecule has 0 aliphatic heterocycles. The molecule has 2 amide bonds. The van der Waals surface area contributed by atoms with Crippen molar-refractivity contribution in [3.05, 3.63) is 77.5 Å². The van der Waals surface area contributed by atoms with Crippen LogP contribution < -0.4 is 15.0 Å². The lowest BCUT2D eigenvalue weighted by Crippen LogP contribution is -2.53. The quantitative estimate of drug-likeness (QED) is 0.171. The third kappa shape index (κ3) is 8.42. The first kappa shape index (κ1) is 34.7. The maximum absolute atomic E-state index is 13.8. The highest BCUT2D eigenvalue weighted by molar-refractivity contribution is 5.97. The van der Waals surface area contributed by atoms with Crippen LogP contribution in [-0.4, -0.2) is 58.3 Å². The van der Waals surface area contributed by atoms with E-state index in [1.807, 2.05) is 52.0 Å². The Hall–Kier alpha value is -3.81. The number of anilines is 1. The van der Waals surface area contributed by atoms with Gasteiger partial charge in [0.25, 0.3) is 5.91 Å². The van der Waals surface area contributed by atoms with Crippen LogP contribution in [0.1, 0.15) is 99.0 Å². The van der Waals surface area contributed by atoms with Crippen molar-refractivity contribution < 1.29 is 19.4 Å². The summed E-state index contributed by atoms with van der Waals surface area (Å²) >= 11 is 0. The smallest absolute Gasteiger partial charge is 0.407 e. The number of hydrogen-bond donors (Lipinski definition) is 2. The van der Waals surface area contributed by atoms with Gasteiger partial charge in [-0.15, -0.1) is 13.2 Å². The van der Waals surface area contributed by atoms with Crippen LogP contribution in [-0.2, 0) is 19.4 Å². The number of nitrogens with zero attached hydrogens (tertiary/aromatic N) is 3. The SMILES string of the molecule is C=CCCCc1cc(C)nc(OC)c1CNC(=O)c1cccc(N(CC)C2CCC(N(C(=O)O)C(C)(C)C)CC2)c1CC=C. The highest BCUT2D eigenvalue weighted by atomic mass is 16.5. The van der Waals surface area contributed by atoms with Gasteiger partial charge in [-0.2, -0.15) is 0 Å². The summed E-state index contributed by atoms with van der Waals surface area (Å²) in [6.45, 7) is 18.9. The Morgan fingerprint density at radius 1 is 1.11 bits per heavy atom. The predicted molar refractivity (Wildman–Crippen MR) is 179 cm³/mol. The Balaban J connectivity index is 1.85. The number of pyridine rings is 1. The molecule has 1 aromatic heterocycles. The maximum atomic E-state index is 13.8. The van der Waals surface area contributed by atoms with E-state index in [0.717, 1.165) is 79.6 Å². The zero-order valence-corrected chi connectivity index (χ0v) is 27.6. The number of nitrogens with one attached hydrogen (secondary N) is 1. The average molecular weight is 605 g/mol. The van der Waals surface area contributed by atoms with Crippen LogP contribution in [0.15, 0.2) is 49.6 Å². The number of benzene rings is 1. The van der Waals surface area contributed by atoms with Crippen LogP contribution in [0.25, 0.3) is 0 Å². The molecule has 3 rings (SSSR count). The molecule has 8 heteroatoms. The van der Waals surface area contributed by atoms with E-state index < -0.39 is 11.6 Å². The van der Waals surface area contributed by atoms with Gasteiger partial charge >= 0.3 is 6.09 Å². The second-order valence-corrected chi connectivity index (χ2v) is 12.6. The fraction of sp³-hybridized carbons (Fsp3) is 0.528. The van der Waals surface area contributed by atoms with Crippen LogP contribution in [0.4, 0.5) is 10.5 Å². The number of methoxy groups -OCH3 is 1. The molecule has 0 radical (unpaired) electrons. The third-order valence-corrected chi connectivity index (χ3v) is 8.58. The minimum Gasteiger partial charge on any atom is -0.481 e. The van der Waals surface area contributed by atoms with Crippen molar-refractivity contribution in [2.75, 3.05) is 18.6 Å². The minimum atomic E-state index is -0.858. The molecule has 0 atom stereocenters. The van der Waals surface area contributed by atoms with E-state index in [1.54, 1.807) is 12.0 Å².